The molecular formula is C21H18Cl2N2O2. The minimum atomic E-state index is -0.268. The molecule has 0 aliphatic rings. The second-order valence-corrected chi connectivity index (χ2v) is 6.88. The predicted molar refractivity (Wildman–Crippen MR) is 108 cm³/mol. The first-order valence-electron chi connectivity index (χ1n) is 8.44. The van der Waals surface area contributed by atoms with E-state index in [-0.39, 0.29) is 11.1 Å². The molecule has 0 radical (unpaired) electrons. The molecule has 2 aromatic carbocycles. The number of carbonyl (C=O) groups excluding carboxylic acids is 1. The van der Waals surface area contributed by atoms with Crippen LogP contribution in [0.25, 0.3) is 0 Å². The van der Waals surface area contributed by atoms with E-state index in [9.17, 15) is 4.79 Å². The number of amides is 1. The number of halogens is 2. The third-order valence-electron chi connectivity index (χ3n) is 3.91. The molecule has 1 amide bonds. The van der Waals surface area contributed by atoms with E-state index < -0.39 is 0 Å². The number of aryl methyl sites for hydroxylation is 1. The van der Waals surface area contributed by atoms with Crippen molar-refractivity contribution in [2.24, 2.45) is 0 Å². The van der Waals surface area contributed by atoms with Crippen molar-refractivity contribution in [3.05, 3.63) is 87.7 Å². The first-order chi connectivity index (χ1) is 13.0. The van der Waals surface area contributed by atoms with Gasteiger partial charge in [0.25, 0.3) is 5.91 Å². The van der Waals surface area contributed by atoms with Crippen LogP contribution in [-0.2, 0) is 6.42 Å². The number of aromatic nitrogens is 1. The molecule has 3 aromatic rings. The van der Waals surface area contributed by atoms with Crippen LogP contribution >= 0.6 is 23.2 Å². The van der Waals surface area contributed by atoms with Gasteiger partial charge < -0.3 is 10.1 Å². The molecule has 27 heavy (non-hydrogen) atoms. The molecule has 0 aliphatic heterocycles. The molecular weight excluding hydrogens is 383 g/mol. The van der Waals surface area contributed by atoms with Gasteiger partial charge >= 0.3 is 0 Å². The van der Waals surface area contributed by atoms with Crippen LogP contribution in [0, 0.1) is 6.92 Å². The van der Waals surface area contributed by atoms with E-state index in [1.165, 1.54) is 12.3 Å². The van der Waals surface area contributed by atoms with E-state index in [0.29, 0.717) is 35.1 Å². The lowest BCUT2D eigenvalue weighted by atomic mass is 10.1. The third-order valence-corrected chi connectivity index (χ3v) is 4.37. The van der Waals surface area contributed by atoms with E-state index in [1.54, 1.807) is 0 Å². The van der Waals surface area contributed by atoms with Crippen molar-refractivity contribution in [3.8, 4) is 11.5 Å². The minimum Gasteiger partial charge on any atom is -0.455 e. The van der Waals surface area contributed by atoms with Crippen molar-refractivity contribution < 1.29 is 9.53 Å². The second-order valence-electron chi connectivity index (χ2n) is 6.05. The largest absolute Gasteiger partial charge is 0.455 e. The van der Waals surface area contributed by atoms with Gasteiger partial charge in [-0.15, -0.1) is 0 Å². The normalized spacial score (nSPS) is 10.5. The van der Waals surface area contributed by atoms with Crippen LogP contribution in [0.2, 0.25) is 10.2 Å². The Morgan fingerprint density at radius 1 is 1.11 bits per heavy atom. The van der Waals surface area contributed by atoms with Crippen LogP contribution in [0.1, 0.15) is 21.5 Å². The number of hydrogen-bond acceptors (Lipinski definition) is 3. The van der Waals surface area contributed by atoms with Crippen LogP contribution in [0.4, 0.5) is 0 Å². The number of hydrogen-bond donors (Lipinski definition) is 1. The highest BCUT2D eigenvalue weighted by Crippen LogP contribution is 2.27. The zero-order valence-corrected chi connectivity index (χ0v) is 16.2. The van der Waals surface area contributed by atoms with Crippen LogP contribution in [0.15, 0.2) is 60.8 Å². The van der Waals surface area contributed by atoms with Crippen molar-refractivity contribution in [2.75, 3.05) is 6.54 Å². The molecule has 0 spiro atoms. The fraction of sp³-hybridized carbons (Fsp3) is 0.143. The smallest absolute Gasteiger partial charge is 0.255 e. The van der Waals surface area contributed by atoms with Gasteiger partial charge in [-0.2, -0.15) is 0 Å². The summed E-state index contributed by atoms with van der Waals surface area (Å²) in [4.78, 5) is 16.6. The highest BCUT2D eigenvalue weighted by Gasteiger charge is 2.15. The average Bonchev–Trinajstić information content (AvgIpc) is 2.65. The maximum atomic E-state index is 12.6. The summed E-state index contributed by atoms with van der Waals surface area (Å²) in [6.07, 6.45) is 2.15. The summed E-state index contributed by atoms with van der Waals surface area (Å²) in [5.41, 5.74) is 2.49. The van der Waals surface area contributed by atoms with Crippen LogP contribution in [0.5, 0.6) is 11.5 Å². The van der Waals surface area contributed by atoms with E-state index >= 15 is 0 Å². The van der Waals surface area contributed by atoms with Gasteiger partial charge in [-0.25, -0.2) is 4.98 Å². The molecule has 0 atom stereocenters. The summed E-state index contributed by atoms with van der Waals surface area (Å²) in [6, 6.07) is 16.6. The zero-order chi connectivity index (χ0) is 19.2. The number of benzene rings is 2. The van der Waals surface area contributed by atoms with E-state index in [4.69, 9.17) is 27.9 Å². The van der Waals surface area contributed by atoms with Gasteiger partial charge in [0.15, 0.2) is 5.75 Å². The Kier molecular flexibility index (Phi) is 6.32. The van der Waals surface area contributed by atoms with Crippen LogP contribution in [-0.4, -0.2) is 17.4 Å². The van der Waals surface area contributed by atoms with E-state index in [2.05, 4.69) is 10.3 Å². The number of pyridine rings is 1. The molecule has 6 heteroatoms. The molecule has 0 saturated heterocycles. The predicted octanol–water partition coefficient (Wildman–Crippen LogP) is 5.46. The fourth-order valence-corrected chi connectivity index (χ4v) is 2.83. The summed E-state index contributed by atoms with van der Waals surface area (Å²) in [7, 11) is 0. The Morgan fingerprint density at radius 3 is 2.63 bits per heavy atom. The topological polar surface area (TPSA) is 51.2 Å². The summed E-state index contributed by atoms with van der Waals surface area (Å²) in [5, 5.41) is 3.81. The molecule has 3 rings (SSSR count). The lowest BCUT2D eigenvalue weighted by molar-refractivity contribution is 0.0951. The third kappa shape index (κ3) is 5.46. The van der Waals surface area contributed by atoms with Gasteiger partial charge in [0.2, 0.25) is 0 Å². The Balaban J connectivity index is 1.69. The quantitative estimate of drug-likeness (QED) is 0.558. The molecule has 0 aliphatic carbocycles. The fourth-order valence-electron chi connectivity index (χ4n) is 2.55. The zero-order valence-electron chi connectivity index (χ0n) is 14.7. The van der Waals surface area contributed by atoms with Crippen molar-refractivity contribution >= 4 is 29.1 Å². The monoisotopic (exact) mass is 400 g/mol. The Labute approximate surface area is 168 Å². The molecule has 0 unspecified atom stereocenters. The molecule has 4 nitrogen and oxygen atoms in total. The molecule has 0 bridgehead atoms. The van der Waals surface area contributed by atoms with Crippen LogP contribution in [0.3, 0.4) is 0 Å². The highest BCUT2D eigenvalue weighted by molar-refractivity contribution is 6.30. The first kappa shape index (κ1) is 19.2. The van der Waals surface area contributed by atoms with Gasteiger partial charge in [0.1, 0.15) is 10.9 Å². The first-order valence-corrected chi connectivity index (χ1v) is 9.19. The Hall–Kier alpha value is -2.56. The van der Waals surface area contributed by atoms with Crippen molar-refractivity contribution in [2.45, 2.75) is 13.3 Å². The summed E-state index contributed by atoms with van der Waals surface area (Å²) >= 11 is 11.9. The van der Waals surface area contributed by atoms with Crippen molar-refractivity contribution in [1.82, 2.24) is 10.3 Å². The molecule has 1 heterocycles. The molecule has 0 fully saturated rings. The Bertz CT molecular complexity index is 943. The molecule has 0 saturated carbocycles. The second kappa shape index (κ2) is 8.89. The number of rotatable bonds is 6. The summed E-state index contributed by atoms with van der Waals surface area (Å²) < 4.78 is 5.85. The highest BCUT2D eigenvalue weighted by atomic mass is 35.5. The summed E-state index contributed by atoms with van der Waals surface area (Å²) in [6.45, 7) is 2.45. The van der Waals surface area contributed by atoms with Crippen LogP contribution < -0.4 is 10.1 Å². The Morgan fingerprint density at radius 2 is 1.89 bits per heavy atom. The summed E-state index contributed by atoms with van der Waals surface area (Å²) in [5.74, 6) is 0.722. The lowest BCUT2D eigenvalue weighted by Crippen LogP contribution is -2.26. The maximum Gasteiger partial charge on any atom is 0.255 e. The van der Waals surface area contributed by atoms with E-state index in [1.807, 2.05) is 55.5 Å². The van der Waals surface area contributed by atoms with Gasteiger partial charge in [0, 0.05) is 11.6 Å². The van der Waals surface area contributed by atoms with Gasteiger partial charge in [-0.3, -0.25) is 4.79 Å². The number of ether oxygens (including phenoxy) is 1. The van der Waals surface area contributed by atoms with Crippen molar-refractivity contribution in [3.63, 3.8) is 0 Å². The molecule has 1 N–H and O–H groups in total. The number of nitrogens with zero attached hydrogens (tertiary/aromatic N) is 1. The van der Waals surface area contributed by atoms with Gasteiger partial charge in [0.05, 0.1) is 11.8 Å². The average molecular weight is 401 g/mol. The standard InChI is InChI=1S/C21H18Cl2N2O2/c1-14-3-2-4-17(11-14)27-19-13-25-20(23)12-18(19)21(26)24-10-9-15-5-7-16(22)8-6-15/h2-8,11-13H,9-10H2,1H3,(H,24,26). The number of nitrogens with one attached hydrogen (secondary N) is 1. The maximum absolute atomic E-state index is 12.6. The molecule has 1 aromatic heterocycles. The van der Waals surface area contributed by atoms with Gasteiger partial charge in [-0.1, -0.05) is 47.5 Å². The van der Waals surface area contributed by atoms with E-state index in [0.717, 1.165) is 11.1 Å². The number of carbonyl (C=O) groups is 1. The SMILES string of the molecule is Cc1cccc(Oc2cnc(Cl)cc2C(=O)NCCc2ccc(Cl)cc2)c1. The van der Waals surface area contributed by atoms with Gasteiger partial charge in [-0.05, 0) is 54.8 Å². The lowest BCUT2D eigenvalue weighted by Gasteiger charge is -2.12. The minimum absolute atomic E-state index is 0.231. The molecule has 138 valence electrons. The van der Waals surface area contributed by atoms with Crippen molar-refractivity contribution in [1.29, 1.82) is 0 Å².